The number of ketones is 1. The predicted molar refractivity (Wildman–Crippen MR) is 168 cm³/mol. The van der Waals surface area contributed by atoms with Gasteiger partial charge in [0.15, 0.2) is 5.78 Å². The molecular formula is C37H39F5N2O3. The van der Waals surface area contributed by atoms with Gasteiger partial charge in [0.05, 0.1) is 0 Å². The molecule has 0 bridgehead atoms. The van der Waals surface area contributed by atoms with E-state index in [1.807, 2.05) is 60.7 Å². The van der Waals surface area contributed by atoms with Crippen molar-refractivity contribution < 1.29 is 36.6 Å². The molecule has 2 saturated carbocycles. The Labute approximate surface area is 271 Å². The molecule has 4 aliphatic rings. The van der Waals surface area contributed by atoms with Gasteiger partial charge < -0.3 is 15.7 Å². The maximum absolute atomic E-state index is 15.2. The summed E-state index contributed by atoms with van der Waals surface area (Å²) < 4.78 is 71.8. The van der Waals surface area contributed by atoms with E-state index in [1.165, 1.54) is 6.92 Å². The summed E-state index contributed by atoms with van der Waals surface area (Å²) in [6, 6.07) is 16.6. The maximum Gasteiger partial charge on any atom is 0.456 e. The molecule has 0 aliphatic heterocycles. The third kappa shape index (κ3) is 5.83. The smallest absolute Gasteiger partial charge is 0.383 e. The molecule has 4 aliphatic carbocycles. The normalized spacial score (nSPS) is 29.2. The Morgan fingerprint density at radius 2 is 1.70 bits per heavy atom. The summed E-state index contributed by atoms with van der Waals surface area (Å²) in [7, 11) is 0. The van der Waals surface area contributed by atoms with Gasteiger partial charge in [-0.15, -0.1) is 0 Å². The van der Waals surface area contributed by atoms with E-state index in [9.17, 15) is 27.9 Å². The van der Waals surface area contributed by atoms with Crippen LogP contribution in [0.1, 0.15) is 74.5 Å². The lowest BCUT2D eigenvalue weighted by molar-refractivity contribution is -0.362. The van der Waals surface area contributed by atoms with Gasteiger partial charge in [0.25, 0.3) is 0 Å². The van der Waals surface area contributed by atoms with Gasteiger partial charge in [0, 0.05) is 30.8 Å². The largest absolute Gasteiger partial charge is 0.456 e. The number of hydrogen-bond donors (Lipinski definition) is 3. The summed E-state index contributed by atoms with van der Waals surface area (Å²) in [5.74, 6) is -6.53. The van der Waals surface area contributed by atoms with Gasteiger partial charge in [-0.25, -0.2) is 4.79 Å². The van der Waals surface area contributed by atoms with Crippen LogP contribution in [0.5, 0.6) is 0 Å². The molecule has 2 aromatic carbocycles. The number of hydrogen-bond acceptors (Lipinski definition) is 3. The average molecular weight is 655 g/mol. The van der Waals surface area contributed by atoms with Gasteiger partial charge in [0.2, 0.25) is 0 Å². The highest BCUT2D eigenvalue weighted by Crippen LogP contribution is 2.70. The van der Waals surface area contributed by atoms with Crippen LogP contribution < -0.4 is 10.6 Å². The minimum Gasteiger partial charge on any atom is -0.383 e. The summed E-state index contributed by atoms with van der Waals surface area (Å²) in [5, 5.41) is 17.0. The summed E-state index contributed by atoms with van der Waals surface area (Å²) in [5.41, 5.74) is 0.653. The van der Waals surface area contributed by atoms with Gasteiger partial charge in [-0.05, 0) is 84.3 Å². The minimum absolute atomic E-state index is 0.0411. The molecule has 0 unspecified atom stereocenters. The standard InChI is InChI=1S/C37H39F5N2O3/c1-34-21-30(25-11-9-23(10-12-25)8-5-19-43-33(46)44-22-24-6-3-2-4-7-24)32-28-16-14-27(45)20-26(28)13-15-29(32)31(34)17-18-35(34,47)36(38,39)37(40,41)42/h2-12,20,29-31,47H,13-19,21-22H2,1H3,(H2,43,44,46)/b8-5+/t29-,30+,31-,34-,35-/m0/s1. The van der Waals surface area contributed by atoms with Crippen LogP contribution in [0.3, 0.4) is 0 Å². The molecule has 6 rings (SSSR count). The number of carbonyl (C=O) groups excluding carboxylic acids is 2. The number of urea groups is 1. The topological polar surface area (TPSA) is 78.4 Å². The molecular weight excluding hydrogens is 615 g/mol. The monoisotopic (exact) mass is 654 g/mol. The van der Waals surface area contributed by atoms with E-state index >= 15 is 8.78 Å². The molecule has 2 amide bonds. The number of halogens is 5. The fourth-order valence-electron chi connectivity index (χ4n) is 8.74. The van der Waals surface area contributed by atoms with Crippen molar-refractivity contribution >= 4 is 17.9 Å². The van der Waals surface area contributed by atoms with E-state index in [1.54, 1.807) is 12.2 Å². The molecule has 10 heteroatoms. The lowest BCUT2D eigenvalue weighted by atomic mass is 9.50. The Morgan fingerprint density at radius 1 is 0.979 bits per heavy atom. The third-order valence-corrected chi connectivity index (χ3v) is 11.1. The first-order chi connectivity index (χ1) is 22.2. The fourth-order valence-corrected chi connectivity index (χ4v) is 8.74. The molecule has 0 aromatic heterocycles. The predicted octanol–water partition coefficient (Wildman–Crippen LogP) is 8.03. The number of benzene rings is 2. The third-order valence-electron chi connectivity index (χ3n) is 11.1. The number of alkyl halides is 5. The summed E-state index contributed by atoms with van der Waals surface area (Å²) in [4.78, 5) is 24.4. The number of aliphatic hydroxyl groups is 1. The van der Waals surface area contributed by atoms with E-state index in [-0.39, 0.29) is 37.1 Å². The molecule has 5 atom stereocenters. The second-order valence-electron chi connectivity index (χ2n) is 13.6. The molecule has 5 nitrogen and oxygen atoms in total. The second kappa shape index (κ2) is 12.3. The number of allylic oxidation sites excluding steroid dienone is 4. The van der Waals surface area contributed by atoms with Crippen LogP contribution in [-0.2, 0) is 11.3 Å². The van der Waals surface area contributed by atoms with Crippen molar-refractivity contribution in [2.24, 2.45) is 17.3 Å². The van der Waals surface area contributed by atoms with E-state index in [4.69, 9.17) is 0 Å². The Hall–Kier alpha value is -3.79. The number of rotatable bonds is 7. The number of nitrogens with one attached hydrogen (secondary N) is 2. The van der Waals surface area contributed by atoms with Crippen molar-refractivity contribution in [1.82, 2.24) is 10.6 Å². The Bertz CT molecular complexity index is 1610. The molecule has 0 heterocycles. The van der Waals surface area contributed by atoms with Gasteiger partial charge in [-0.2, -0.15) is 22.0 Å². The average Bonchev–Trinajstić information content (AvgIpc) is 3.33. The van der Waals surface area contributed by atoms with Gasteiger partial charge in [0.1, 0.15) is 5.60 Å². The zero-order chi connectivity index (χ0) is 33.6. The van der Waals surface area contributed by atoms with Crippen molar-refractivity contribution in [3.05, 3.63) is 100 Å². The van der Waals surface area contributed by atoms with Crippen LogP contribution in [0.4, 0.5) is 26.7 Å². The zero-order valence-corrected chi connectivity index (χ0v) is 26.2. The summed E-state index contributed by atoms with van der Waals surface area (Å²) >= 11 is 0. The molecule has 47 heavy (non-hydrogen) atoms. The number of fused-ring (bicyclic) bond motifs is 4. The highest BCUT2D eigenvalue weighted by Gasteiger charge is 2.79. The van der Waals surface area contributed by atoms with E-state index in [2.05, 4.69) is 10.6 Å². The molecule has 250 valence electrons. The highest BCUT2D eigenvalue weighted by molar-refractivity contribution is 5.93. The molecule has 0 radical (unpaired) electrons. The zero-order valence-electron chi connectivity index (χ0n) is 26.2. The second-order valence-corrected chi connectivity index (χ2v) is 13.6. The first-order valence-corrected chi connectivity index (χ1v) is 16.2. The molecule has 2 aromatic rings. The van der Waals surface area contributed by atoms with Crippen LogP contribution in [-0.4, -0.2) is 41.2 Å². The SMILES string of the molecule is C[C@]12C[C@H](c3ccc(/C=C/CNC(=O)NCc4ccccc4)cc3)C3=C4CCC(=O)C=C4CC[C@H]3[C@@H]1CC[C@@]2(O)C(F)(F)C(F)(F)F. The van der Waals surface area contributed by atoms with Crippen molar-refractivity contribution in [2.75, 3.05) is 6.54 Å². The molecule has 0 spiro atoms. The van der Waals surface area contributed by atoms with Crippen molar-refractivity contribution in [1.29, 1.82) is 0 Å². The Kier molecular flexibility index (Phi) is 8.70. The molecule has 0 saturated heterocycles. The molecule has 3 N–H and O–H groups in total. The maximum atomic E-state index is 15.2. The summed E-state index contributed by atoms with van der Waals surface area (Å²) in [6.07, 6.45) is 0.742. The summed E-state index contributed by atoms with van der Waals surface area (Å²) in [6.45, 7) is 2.10. The van der Waals surface area contributed by atoms with E-state index in [0.717, 1.165) is 33.4 Å². The van der Waals surface area contributed by atoms with Crippen LogP contribution in [0.2, 0.25) is 0 Å². The van der Waals surface area contributed by atoms with E-state index < -0.39 is 41.4 Å². The van der Waals surface area contributed by atoms with Crippen LogP contribution in [0.25, 0.3) is 6.08 Å². The van der Waals surface area contributed by atoms with Crippen LogP contribution in [0.15, 0.2) is 83.5 Å². The first-order valence-electron chi connectivity index (χ1n) is 16.2. The van der Waals surface area contributed by atoms with Crippen molar-refractivity contribution in [3.63, 3.8) is 0 Å². The van der Waals surface area contributed by atoms with E-state index in [0.29, 0.717) is 32.2 Å². The highest BCUT2D eigenvalue weighted by atomic mass is 19.4. The minimum atomic E-state index is -5.88. The molecule has 2 fully saturated rings. The first kappa shape index (κ1) is 33.1. The van der Waals surface area contributed by atoms with Gasteiger partial charge >= 0.3 is 18.1 Å². The van der Waals surface area contributed by atoms with Crippen molar-refractivity contribution in [3.8, 4) is 0 Å². The lowest BCUT2D eigenvalue weighted by Gasteiger charge is -2.56. The van der Waals surface area contributed by atoms with Crippen LogP contribution >= 0.6 is 0 Å². The Morgan fingerprint density at radius 3 is 2.40 bits per heavy atom. The lowest BCUT2D eigenvalue weighted by Crippen LogP contribution is -2.65. The van der Waals surface area contributed by atoms with Gasteiger partial charge in [-0.1, -0.05) is 79.2 Å². The number of amides is 2. The van der Waals surface area contributed by atoms with Crippen LogP contribution in [0, 0.1) is 17.3 Å². The van der Waals surface area contributed by atoms with Gasteiger partial charge in [-0.3, -0.25) is 4.79 Å². The number of carbonyl (C=O) groups is 2. The fraction of sp³-hybridized carbons (Fsp3) is 0.459. The van der Waals surface area contributed by atoms with Crippen molar-refractivity contribution in [2.45, 2.75) is 82.0 Å². The quantitative estimate of drug-likeness (QED) is 0.265. The Balaban J connectivity index is 1.25.